The number of aliphatic carboxylic acids is 2. The third-order valence-electron chi connectivity index (χ3n) is 5.67. The van der Waals surface area contributed by atoms with Crippen molar-refractivity contribution in [1.29, 1.82) is 0 Å². The zero-order chi connectivity index (χ0) is 22.8. The number of para-hydroxylation sites is 1. The van der Waals surface area contributed by atoms with Crippen molar-refractivity contribution in [3.05, 3.63) is 78.0 Å². The molecule has 1 aliphatic heterocycles. The summed E-state index contributed by atoms with van der Waals surface area (Å²) in [5, 5.41) is 24.6. The zero-order valence-corrected chi connectivity index (χ0v) is 18.0. The minimum Gasteiger partial charge on any atom is -0.478 e. The quantitative estimate of drug-likeness (QED) is 0.482. The third kappa shape index (κ3) is 7.35. The molecular weight excluding hydrogens is 406 g/mol. The number of likely N-dealkylation sites (tertiary alicyclic amines) is 1. The molecule has 3 aromatic rings. The van der Waals surface area contributed by atoms with Crippen LogP contribution in [0.4, 0.5) is 0 Å². The second-order valence-corrected chi connectivity index (χ2v) is 7.97. The van der Waals surface area contributed by atoms with Gasteiger partial charge < -0.3 is 10.2 Å². The normalized spacial score (nSPS) is 14.9. The van der Waals surface area contributed by atoms with Crippen LogP contribution in [0.3, 0.4) is 0 Å². The summed E-state index contributed by atoms with van der Waals surface area (Å²) in [6, 6.07) is 19.2. The number of aromatic nitrogens is 2. The molecule has 0 bridgehead atoms. The number of carbonyl (C=O) groups is 2. The van der Waals surface area contributed by atoms with E-state index in [0.717, 1.165) is 24.4 Å². The molecule has 7 heteroatoms. The van der Waals surface area contributed by atoms with Crippen molar-refractivity contribution in [1.82, 2.24) is 15.1 Å². The van der Waals surface area contributed by atoms with Crippen molar-refractivity contribution in [2.45, 2.75) is 32.2 Å². The minimum atomic E-state index is -1.26. The number of carboxylic acid groups (broad SMARTS) is 2. The van der Waals surface area contributed by atoms with Crippen molar-refractivity contribution in [2.75, 3.05) is 13.1 Å². The number of nitrogens with one attached hydrogen (secondary N) is 1. The molecule has 1 aromatic heterocycles. The lowest BCUT2D eigenvalue weighted by molar-refractivity contribution is -0.134. The maximum Gasteiger partial charge on any atom is 0.328 e. The van der Waals surface area contributed by atoms with Gasteiger partial charge in [0, 0.05) is 29.8 Å². The van der Waals surface area contributed by atoms with Gasteiger partial charge in [0.15, 0.2) is 0 Å². The highest BCUT2D eigenvalue weighted by atomic mass is 16.4. The van der Waals surface area contributed by atoms with Crippen molar-refractivity contribution in [3.8, 4) is 0 Å². The number of aryl methyl sites for hydroxylation is 1. The number of piperidine rings is 1. The molecule has 0 saturated carbocycles. The number of fused-ring (bicyclic) bond motifs is 1. The van der Waals surface area contributed by atoms with Crippen LogP contribution in [0.1, 0.15) is 30.5 Å². The van der Waals surface area contributed by atoms with E-state index in [-0.39, 0.29) is 0 Å². The van der Waals surface area contributed by atoms with E-state index in [1.54, 1.807) is 0 Å². The Morgan fingerprint density at radius 1 is 0.969 bits per heavy atom. The molecule has 168 valence electrons. The summed E-state index contributed by atoms with van der Waals surface area (Å²) in [4.78, 5) is 21.7. The average molecular weight is 436 g/mol. The Labute approximate surface area is 187 Å². The van der Waals surface area contributed by atoms with Gasteiger partial charge in [0.2, 0.25) is 0 Å². The molecule has 7 nitrogen and oxygen atoms in total. The van der Waals surface area contributed by atoms with Gasteiger partial charge in [-0.05, 0) is 56.3 Å². The van der Waals surface area contributed by atoms with Gasteiger partial charge in [-0.2, -0.15) is 5.10 Å². The highest BCUT2D eigenvalue weighted by Gasteiger charge is 2.19. The molecule has 0 amide bonds. The van der Waals surface area contributed by atoms with E-state index in [9.17, 15) is 9.59 Å². The second kappa shape index (κ2) is 11.8. The molecule has 1 saturated heterocycles. The van der Waals surface area contributed by atoms with Crippen molar-refractivity contribution in [2.24, 2.45) is 5.92 Å². The van der Waals surface area contributed by atoms with E-state index in [1.165, 1.54) is 49.0 Å². The predicted octanol–water partition coefficient (Wildman–Crippen LogP) is 4.12. The molecule has 0 spiro atoms. The summed E-state index contributed by atoms with van der Waals surface area (Å²) in [5.74, 6) is -1.67. The molecule has 4 rings (SSSR count). The summed E-state index contributed by atoms with van der Waals surface area (Å²) in [6.07, 6.45) is 6.14. The van der Waals surface area contributed by atoms with Crippen LogP contribution in [0.2, 0.25) is 0 Å². The number of nitrogens with zero attached hydrogens (tertiary/aromatic N) is 2. The Morgan fingerprint density at radius 2 is 1.59 bits per heavy atom. The molecule has 2 heterocycles. The van der Waals surface area contributed by atoms with Crippen molar-refractivity contribution >= 4 is 22.8 Å². The smallest absolute Gasteiger partial charge is 0.328 e. The van der Waals surface area contributed by atoms with E-state index in [1.807, 2.05) is 0 Å². The Bertz CT molecular complexity index is 1020. The number of benzene rings is 2. The number of hydrogen-bond acceptors (Lipinski definition) is 4. The Morgan fingerprint density at radius 3 is 2.25 bits per heavy atom. The van der Waals surface area contributed by atoms with Gasteiger partial charge in [0.05, 0.1) is 5.52 Å². The van der Waals surface area contributed by atoms with Crippen LogP contribution in [0.5, 0.6) is 0 Å². The molecule has 1 fully saturated rings. The van der Waals surface area contributed by atoms with E-state index >= 15 is 0 Å². The van der Waals surface area contributed by atoms with Crippen LogP contribution in [0, 0.1) is 5.92 Å². The largest absolute Gasteiger partial charge is 0.478 e. The molecule has 32 heavy (non-hydrogen) atoms. The number of aromatic amines is 1. The highest BCUT2D eigenvalue weighted by molar-refractivity contribution is 5.89. The van der Waals surface area contributed by atoms with Crippen molar-refractivity contribution < 1.29 is 19.8 Å². The average Bonchev–Trinajstić information content (AvgIpc) is 3.22. The lowest BCUT2D eigenvalue weighted by atomic mass is 9.91. The van der Waals surface area contributed by atoms with E-state index < -0.39 is 11.9 Å². The molecule has 3 N–H and O–H groups in total. The summed E-state index contributed by atoms with van der Waals surface area (Å²) in [7, 11) is 0. The van der Waals surface area contributed by atoms with E-state index in [0.29, 0.717) is 12.2 Å². The molecule has 0 aliphatic carbocycles. The van der Waals surface area contributed by atoms with Crippen LogP contribution in [0.25, 0.3) is 10.9 Å². The first-order chi connectivity index (χ1) is 15.5. The van der Waals surface area contributed by atoms with E-state index in [2.05, 4.69) is 69.7 Å². The van der Waals surface area contributed by atoms with Gasteiger partial charge in [-0.3, -0.25) is 10.00 Å². The number of carboxylic acids is 2. The first kappa shape index (κ1) is 23.2. The van der Waals surface area contributed by atoms with Crippen LogP contribution < -0.4 is 0 Å². The summed E-state index contributed by atoms with van der Waals surface area (Å²) in [5.41, 5.74) is 3.82. The molecular formula is C25H29N3O4. The van der Waals surface area contributed by atoms with Gasteiger partial charge in [-0.1, -0.05) is 48.5 Å². The van der Waals surface area contributed by atoms with Crippen LogP contribution in [-0.4, -0.2) is 50.3 Å². The SMILES string of the molecule is O=C(O)C=CC(=O)O.c1ccc(CN2CCC(CCc3[nH]nc4ccccc34)CC2)cc1. The first-order valence-electron chi connectivity index (χ1n) is 10.8. The van der Waals surface area contributed by atoms with Crippen LogP contribution in [0.15, 0.2) is 66.7 Å². The van der Waals surface area contributed by atoms with Gasteiger partial charge in [-0.15, -0.1) is 0 Å². The highest BCUT2D eigenvalue weighted by Crippen LogP contribution is 2.25. The Balaban J connectivity index is 0.000000312. The van der Waals surface area contributed by atoms with Gasteiger partial charge >= 0.3 is 11.9 Å². The fourth-order valence-corrected chi connectivity index (χ4v) is 3.97. The van der Waals surface area contributed by atoms with Gasteiger partial charge in [-0.25, -0.2) is 9.59 Å². The molecule has 0 atom stereocenters. The maximum atomic E-state index is 9.55. The summed E-state index contributed by atoms with van der Waals surface area (Å²) < 4.78 is 0. The van der Waals surface area contributed by atoms with Crippen LogP contribution >= 0.6 is 0 Å². The maximum absolute atomic E-state index is 9.55. The van der Waals surface area contributed by atoms with Gasteiger partial charge in [0.25, 0.3) is 0 Å². The molecule has 1 aliphatic rings. The van der Waals surface area contributed by atoms with Gasteiger partial charge in [0.1, 0.15) is 0 Å². The predicted molar refractivity (Wildman–Crippen MR) is 123 cm³/mol. The van der Waals surface area contributed by atoms with Crippen LogP contribution in [-0.2, 0) is 22.6 Å². The minimum absolute atomic E-state index is 0.558. The monoisotopic (exact) mass is 435 g/mol. The molecule has 0 radical (unpaired) electrons. The second-order valence-electron chi connectivity index (χ2n) is 7.97. The topological polar surface area (TPSA) is 107 Å². The number of H-pyrrole nitrogens is 1. The number of rotatable bonds is 7. The lowest BCUT2D eigenvalue weighted by Crippen LogP contribution is -2.33. The summed E-state index contributed by atoms with van der Waals surface area (Å²) >= 11 is 0. The zero-order valence-electron chi connectivity index (χ0n) is 18.0. The Kier molecular flexibility index (Phi) is 8.57. The Hall–Kier alpha value is -3.45. The lowest BCUT2D eigenvalue weighted by Gasteiger charge is -2.32. The molecule has 0 unspecified atom stereocenters. The van der Waals surface area contributed by atoms with Crippen molar-refractivity contribution in [3.63, 3.8) is 0 Å². The third-order valence-corrected chi connectivity index (χ3v) is 5.67. The fourth-order valence-electron chi connectivity index (χ4n) is 3.97. The fraction of sp³-hybridized carbons (Fsp3) is 0.320. The molecule has 2 aromatic carbocycles. The van der Waals surface area contributed by atoms with E-state index in [4.69, 9.17) is 10.2 Å². The first-order valence-corrected chi connectivity index (χ1v) is 10.8. The summed E-state index contributed by atoms with van der Waals surface area (Å²) in [6.45, 7) is 3.55. The number of hydrogen-bond donors (Lipinski definition) is 3. The standard InChI is InChI=1S/C21H25N3.C4H4O4/c1-2-6-18(7-3-1)16-24-14-12-17(13-15-24)10-11-21-19-8-4-5-9-20(19)22-23-21;5-3(6)1-2-4(7)8/h1-9,17H,10-16H2,(H,22,23);1-2H,(H,5,6)(H,7,8).